The van der Waals surface area contributed by atoms with E-state index in [-0.39, 0.29) is 12.1 Å². The van der Waals surface area contributed by atoms with E-state index in [0.717, 1.165) is 47.2 Å². The number of aromatic nitrogens is 2. The number of benzene rings is 2. The molecule has 0 spiro atoms. The summed E-state index contributed by atoms with van der Waals surface area (Å²) in [6.45, 7) is 3.74. The third kappa shape index (κ3) is 4.43. The van der Waals surface area contributed by atoms with E-state index in [9.17, 15) is 4.79 Å². The van der Waals surface area contributed by atoms with Gasteiger partial charge in [-0.1, -0.05) is 12.1 Å². The Kier molecular flexibility index (Phi) is 5.43. The molecule has 1 aliphatic heterocycles. The lowest BCUT2D eigenvalue weighted by Crippen LogP contribution is -2.28. The normalized spacial score (nSPS) is 16.2. The number of urea groups is 1. The molecule has 2 amide bonds. The lowest BCUT2D eigenvalue weighted by molar-refractivity contribution is 0.0676. The zero-order valence-corrected chi connectivity index (χ0v) is 15.8. The number of amides is 2. The highest BCUT2D eigenvalue weighted by Gasteiger charge is 2.17. The molecule has 1 saturated heterocycles. The second-order valence-corrected chi connectivity index (χ2v) is 7.04. The van der Waals surface area contributed by atoms with Gasteiger partial charge >= 0.3 is 6.03 Å². The molecule has 0 aliphatic carbocycles. The molecule has 7 nitrogen and oxygen atoms in total. The summed E-state index contributed by atoms with van der Waals surface area (Å²) < 4.78 is 11.6. The van der Waals surface area contributed by atoms with Crippen LogP contribution in [0.3, 0.4) is 0 Å². The Bertz CT molecular complexity index is 963. The van der Waals surface area contributed by atoms with Crippen molar-refractivity contribution in [2.45, 2.75) is 32.4 Å². The first-order chi connectivity index (χ1) is 13.7. The van der Waals surface area contributed by atoms with Crippen LogP contribution in [0, 0.1) is 6.92 Å². The number of carbonyl (C=O) groups is 1. The molecule has 1 unspecified atom stereocenters. The van der Waals surface area contributed by atoms with Crippen LogP contribution in [0.5, 0.6) is 5.75 Å². The Morgan fingerprint density at radius 3 is 3.11 bits per heavy atom. The van der Waals surface area contributed by atoms with Crippen molar-refractivity contribution in [3.8, 4) is 5.75 Å². The quantitative estimate of drug-likeness (QED) is 0.608. The van der Waals surface area contributed by atoms with E-state index < -0.39 is 0 Å². The van der Waals surface area contributed by atoms with Gasteiger partial charge < -0.3 is 20.1 Å². The summed E-state index contributed by atoms with van der Waals surface area (Å²) in [5.41, 5.74) is 3.69. The van der Waals surface area contributed by atoms with E-state index in [1.807, 2.05) is 43.3 Å². The number of fused-ring (bicyclic) bond motifs is 1. The van der Waals surface area contributed by atoms with Crippen LogP contribution in [0.15, 0.2) is 42.6 Å². The third-order valence-electron chi connectivity index (χ3n) is 4.81. The Hall–Kier alpha value is -3.06. The maximum absolute atomic E-state index is 12.3. The van der Waals surface area contributed by atoms with Crippen molar-refractivity contribution in [2.24, 2.45) is 0 Å². The van der Waals surface area contributed by atoms with Crippen LogP contribution in [0.25, 0.3) is 10.9 Å². The number of H-pyrrole nitrogens is 1. The van der Waals surface area contributed by atoms with Crippen molar-refractivity contribution in [1.82, 2.24) is 15.5 Å². The number of nitrogens with one attached hydrogen (secondary N) is 3. The Balaban J connectivity index is 1.35. The fourth-order valence-electron chi connectivity index (χ4n) is 3.27. The lowest BCUT2D eigenvalue weighted by atomic mass is 10.1. The van der Waals surface area contributed by atoms with Gasteiger partial charge in [-0.3, -0.25) is 5.10 Å². The van der Waals surface area contributed by atoms with Crippen LogP contribution in [0.1, 0.15) is 24.0 Å². The minimum absolute atomic E-state index is 0.155. The predicted octanol–water partition coefficient (Wildman–Crippen LogP) is 3.75. The summed E-state index contributed by atoms with van der Waals surface area (Å²) in [6, 6.07) is 11.3. The van der Waals surface area contributed by atoms with Crippen molar-refractivity contribution in [2.75, 3.05) is 18.5 Å². The molecule has 0 saturated carbocycles. The Morgan fingerprint density at radius 2 is 2.25 bits per heavy atom. The minimum atomic E-state index is -0.270. The minimum Gasteiger partial charge on any atom is -0.491 e. The summed E-state index contributed by atoms with van der Waals surface area (Å²) in [7, 11) is 0. The number of anilines is 1. The van der Waals surface area contributed by atoms with Gasteiger partial charge in [0, 0.05) is 29.8 Å². The van der Waals surface area contributed by atoms with Gasteiger partial charge in [0.05, 0.1) is 17.8 Å². The molecule has 146 valence electrons. The van der Waals surface area contributed by atoms with Crippen LogP contribution in [-0.4, -0.2) is 35.5 Å². The molecule has 1 fully saturated rings. The van der Waals surface area contributed by atoms with Crippen molar-refractivity contribution >= 4 is 22.6 Å². The van der Waals surface area contributed by atoms with Gasteiger partial charge in [0.25, 0.3) is 0 Å². The number of hydrogen-bond acceptors (Lipinski definition) is 4. The molecule has 4 rings (SSSR count). The van der Waals surface area contributed by atoms with Gasteiger partial charge in [0.2, 0.25) is 0 Å². The molecule has 2 aromatic carbocycles. The van der Waals surface area contributed by atoms with E-state index in [0.29, 0.717) is 18.8 Å². The Morgan fingerprint density at radius 1 is 1.32 bits per heavy atom. The fourth-order valence-corrected chi connectivity index (χ4v) is 3.27. The largest absolute Gasteiger partial charge is 0.491 e. The van der Waals surface area contributed by atoms with Crippen molar-refractivity contribution < 1.29 is 14.3 Å². The van der Waals surface area contributed by atoms with Gasteiger partial charge in [-0.15, -0.1) is 0 Å². The zero-order chi connectivity index (χ0) is 19.3. The summed E-state index contributed by atoms with van der Waals surface area (Å²) in [5, 5.41) is 13.6. The highest BCUT2D eigenvalue weighted by molar-refractivity contribution is 5.92. The number of aromatic amines is 1. The number of ether oxygens (including phenoxy) is 2. The van der Waals surface area contributed by atoms with E-state index in [4.69, 9.17) is 9.47 Å². The van der Waals surface area contributed by atoms with Gasteiger partial charge in [-0.25, -0.2) is 4.79 Å². The second-order valence-electron chi connectivity index (χ2n) is 7.04. The first-order valence-corrected chi connectivity index (χ1v) is 9.49. The molecular weight excluding hydrogens is 356 g/mol. The number of nitrogens with zero attached hydrogens (tertiary/aromatic N) is 1. The summed E-state index contributed by atoms with van der Waals surface area (Å²) in [5.74, 6) is 0.788. The van der Waals surface area contributed by atoms with Crippen molar-refractivity contribution in [3.63, 3.8) is 0 Å². The molecule has 0 bridgehead atoms. The number of hydrogen-bond donors (Lipinski definition) is 3. The predicted molar refractivity (Wildman–Crippen MR) is 108 cm³/mol. The average Bonchev–Trinajstić information content (AvgIpc) is 3.37. The van der Waals surface area contributed by atoms with E-state index in [1.165, 1.54) is 0 Å². The SMILES string of the molecule is Cc1ccc(CNC(=O)Nc2ccc3[nH]ncc3c2)c(OCC2CCCO2)c1. The molecule has 2 heterocycles. The molecule has 0 radical (unpaired) electrons. The van der Waals surface area contributed by atoms with E-state index in [1.54, 1.807) is 6.20 Å². The molecular formula is C21H24N4O3. The van der Waals surface area contributed by atoms with Crippen LogP contribution in [0.4, 0.5) is 10.5 Å². The smallest absolute Gasteiger partial charge is 0.319 e. The monoisotopic (exact) mass is 380 g/mol. The first kappa shape index (κ1) is 18.3. The molecule has 1 aromatic heterocycles. The van der Waals surface area contributed by atoms with Gasteiger partial charge in [-0.05, 0) is 49.6 Å². The number of carbonyl (C=O) groups excluding carboxylic acids is 1. The van der Waals surface area contributed by atoms with Gasteiger partial charge in [0.15, 0.2) is 0 Å². The summed E-state index contributed by atoms with van der Waals surface area (Å²) in [4.78, 5) is 12.3. The summed E-state index contributed by atoms with van der Waals surface area (Å²) >= 11 is 0. The van der Waals surface area contributed by atoms with Crippen LogP contribution >= 0.6 is 0 Å². The lowest BCUT2D eigenvalue weighted by Gasteiger charge is -2.16. The number of rotatable bonds is 6. The highest BCUT2D eigenvalue weighted by atomic mass is 16.5. The first-order valence-electron chi connectivity index (χ1n) is 9.49. The number of aryl methyl sites for hydroxylation is 1. The maximum atomic E-state index is 12.3. The molecule has 1 aliphatic rings. The third-order valence-corrected chi connectivity index (χ3v) is 4.81. The van der Waals surface area contributed by atoms with Crippen LogP contribution < -0.4 is 15.4 Å². The average molecular weight is 380 g/mol. The fraction of sp³-hybridized carbons (Fsp3) is 0.333. The van der Waals surface area contributed by atoms with Crippen molar-refractivity contribution in [1.29, 1.82) is 0 Å². The molecule has 3 aromatic rings. The summed E-state index contributed by atoms with van der Waals surface area (Å²) in [6.07, 6.45) is 3.99. The second kappa shape index (κ2) is 8.31. The van der Waals surface area contributed by atoms with E-state index in [2.05, 4.69) is 20.8 Å². The van der Waals surface area contributed by atoms with Gasteiger partial charge in [0.1, 0.15) is 12.4 Å². The molecule has 1 atom stereocenters. The topological polar surface area (TPSA) is 88.3 Å². The van der Waals surface area contributed by atoms with Crippen molar-refractivity contribution in [3.05, 3.63) is 53.7 Å². The maximum Gasteiger partial charge on any atom is 0.319 e. The highest BCUT2D eigenvalue weighted by Crippen LogP contribution is 2.22. The molecule has 3 N–H and O–H groups in total. The van der Waals surface area contributed by atoms with Crippen LogP contribution in [-0.2, 0) is 11.3 Å². The van der Waals surface area contributed by atoms with Gasteiger partial charge in [-0.2, -0.15) is 5.10 Å². The molecule has 7 heteroatoms. The van der Waals surface area contributed by atoms with E-state index >= 15 is 0 Å². The molecule has 28 heavy (non-hydrogen) atoms. The van der Waals surface area contributed by atoms with Crippen LogP contribution in [0.2, 0.25) is 0 Å². The zero-order valence-electron chi connectivity index (χ0n) is 15.8. The Labute approximate surface area is 163 Å². The standard InChI is InChI=1S/C21H24N4O3/c1-14-4-5-15(20(9-14)28-13-18-3-2-8-27-18)11-22-21(26)24-17-6-7-19-16(10-17)12-23-25-19/h4-7,9-10,12,18H,2-3,8,11,13H2,1H3,(H,23,25)(H2,22,24,26).